The van der Waals surface area contributed by atoms with Gasteiger partial charge in [-0.3, -0.25) is 4.79 Å². The maximum absolute atomic E-state index is 13.0. The van der Waals surface area contributed by atoms with Crippen molar-refractivity contribution in [3.63, 3.8) is 0 Å². The standard InChI is InChI=1S/C22H23BrN4O2S/c1-13-25-11-20(30-13)15-9-17(21(24)26-10-15)22(28)27-18-3-2-4-19(18)29-12-14-5-7-16(23)8-6-14/h5-11,18-19H,2-4,12H2,1H3,(H2,24,26)(H,27,28)/t18-,19-/m0/s1. The van der Waals surface area contributed by atoms with Gasteiger partial charge in [0.1, 0.15) is 5.82 Å². The van der Waals surface area contributed by atoms with E-state index in [0.29, 0.717) is 12.2 Å². The minimum atomic E-state index is -0.216. The lowest BCUT2D eigenvalue weighted by Gasteiger charge is -2.22. The van der Waals surface area contributed by atoms with E-state index in [2.05, 4.69) is 31.2 Å². The number of nitrogens with one attached hydrogen (secondary N) is 1. The van der Waals surface area contributed by atoms with Crippen molar-refractivity contribution >= 4 is 39.0 Å². The zero-order valence-electron chi connectivity index (χ0n) is 16.6. The number of halogens is 1. The predicted octanol–water partition coefficient (Wildman–Crippen LogP) is 4.73. The molecule has 6 nitrogen and oxygen atoms in total. The van der Waals surface area contributed by atoms with Gasteiger partial charge in [0.25, 0.3) is 5.91 Å². The number of nitrogen functional groups attached to an aromatic ring is 1. The van der Waals surface area contributed by atoms with Crippen molar-refractivity contribution in [1.82, 2.24) is 15.3 Å². The number of aromatic nitrogens is 2. The van der Waals surface area contributed by atoms with Crippen molar-refractivity contribution in [2.75, 3.05) is 5.73 Å². The summed E-state index contributed by atoms with van der Waals surface area (Å²) in [5, 5.41) is 4.07. The topological polar surface area (TPSA) is 90.1 Å². The molecule has 1 saturated carbocycles. The van der Waals surface area contributed by atoms with E-state index in [0.717, 1.165) is 44.7 Å². The quantitative estimate of drug-likeness (QED) is 0.525. The van der Waals surface area contributed by atoms with Crippen LogP contribution in [0.5, 0.6) is 0 Å². The zero-order valence-corrected chi connectivity index (χ0v) is 19.0. The first-order valence-corrected chi connectivity index (χ1v) is 11.5. The molecule has 1 amide bonds. The highest BCUT2D eigenvalue weighted by Crippen LogP contribution is 2.28. The molecular weight excluding hydrogens is 464 g/mol. The second-order valence-corrected chi connectivity index (χ2v) is 9.54. The molecule has 4 rings (SSSR count). The zero-order chi connectivity index (χ0) is 21.1. The molecule has 1 aromatic carbocycles. The highest BCUT2D eigenvalue weighted by atomic mass is 79.9. The molecule has 1 aliphatic carbocycles. The number of rotatable bonds is 6. The Morgan fingerprint density at radius 1 is 1.27 bits per heavy atom. The largest absolute Gasteiger partial charge is 0.383 e. The van der Waals surface area contributed by atoms with Gasteiger partial charge >= 0.3 is 0 Å². The van der Waals surface area contributed by atoms with E-state index in [9.17, 15) is 4.79 Å². The van der Waals surface area contributed by atoms with Crippen LogP contribution in [0.15, 0.2) is 47.2 Å². The number of ether oxygens (including phenoxy) is 1. The van der Waals surface area contributed by atoms with Crippen LogP contribution in [-0.4, -0.2) is 28.0 Å². The van der Waals surface area contributed by atoms with Gasteiger partial charge in [0.15, 0.2) is 0 Å². The van der Waals surface area contributed by atoms with Gasteiger partial charge in [-0.2, -0.15) is 0 Å². The van der Waals surface area contributed by atoms with E-state index < -0.39 is 0 Å². The van der Waals surface area contributed by atoms with Crippen LogP contribution in [0.1, 0.15) is 40.2 Å². The summed E-state index contributed by atoms with van der Waals surface area (Å²) in [6.45, 7) is 2.47. The Morgan fingerprint density at radius 2 is 2.07 bits per heavy atom. The van der Waals surface area contributed by atoms with Crippen molar-refractivity contribution in [1.29, 1.82) is 0 Å². The van der Waals surface area contributed by atoms with Crippen LogP contribution >= 0.6 is 27.3 Å². The molecule has 3 aromatic rings. The molecule has 0 spiro atoms. The van der Waals surface area contributed by atoms with Crippen LogP contribution in [0.2, 0.25) is 0 Å². The molecule has 2 aromatic heterocycles. The summed E-state index contributed by atoms with van der Waals surface area (Å²) < 4.78 is 7.16. The maximum atomic E-state index is 13.0. The first kappa shape index (κ1) is 21.0. The number of anilines is 1. The van der Waals surface area contributed by atoms with E-state index in [4.69, 9.17) is 10.5 Å². The Labute approximate surface area is 188 Å². The number of benzene rings is 1. The first-order valence-electron chi connectivity index (χ1n) is 9.85. The average molecular weight is 487 g/mol. The minimum Gasteiger partial charge on any atom is -0.383 e. The van der Waals surface area contributed by atoms with Gasteiger partial charge in [-0.1, -0.05) is 28.1 Å². The number of pyridine rings is 1. The van der Waals surface area contributed by atoms with Gasteiger partial charge in [-0.25, -0.2) is 9.97 Å². The number of aryl methyl sites for hydroxylation is 1. The number of carbonyl (C=O) groups is 1. The molecule has 0 saturated heterocycles. The van der Waals surface area contributed by atoms with Crippen LogP contribution in [-0.2, 0) is 11.3 Å². The number of nitrogens with zero attached hydrogens (tertiary/aromatic N) is 2. The number of nitrogens with two attached hydrogens (primary N) is 1. The normalized spacial score (nSPS) is 18.5. The number of amides is 1. The minimum absolute atomic E-state index is 0.0147. The lowest BCUT2D eigenvalue weighted by Crippen LogP contribution is -2.41. The average Bonchev–Trinajstić information content (AvgIpc) is 3.36. The summed E-state index contributed by atoms with van der Waals surface area (Å²) in [5.74, 6) is 0.00930. The fourth-order valence-electron chi connectivity index (χ4n) is 3.61. The molecule has 1 fully saturated rings. The monoisotopic (exact) mass is 486 g/mol. The lowest BCUT2D eigenvalue weighted by molar-refractivity contribution is 0.0272. The number of hydrogen-bond acceptors (Lipinski definition) is 6. The second kappa shape index (κ2) is 9.24. The molecule has 8 heteroatoms. The van der Waals surface area contributed by atoms with Gasteiger partial charge in [0, 0.05) is 22.4 Å². The van der Waals surface area contributed by atoms with Gasteiger partial charge in [0.05, 0.1) is 34.2 Å². The lowest BCUT2D eigenvalue weighted by atomic mass is 10.1. The summed E-state index contributed by atoms with van der Waals surface area (Å²) in [6, 6.07) is 9.82. The third-order valence-electron chi connectivity index (χ3n) is 5.22. The molecule has 0 bridgehead atoms. The fraction of sp³-hybridized carbons (Fsp3) is 0.318. The highest BCUT2D eigenvalue weighted by molar-refractivity contribution is 9.10. The van der Waals surface area contributed by atoms with Gasteiger partial charge < -0.3 is 15.8 Å². The Bertz CT molecular complexity index is 1040. The Hall–Kier alpha value is -2.29. The number of thiazole rings is 1. The summed E-state index contributed by atoms with van der Waals surface area (Å²) in [6.07, 6.45) is 6.28. The summed E-state index contributed by atoms with van der Waals surface area (Å²) in [7, 11) is 0. The summed E-state index contributed by atoms with van der Waals surface area (Å²) in [5.41, 5.74) is 8.35. The fourth-order valence-corrected chi connectivity index (χ4v) is 4.63. The van der Waals surface area contributed by atoms with Crippen molar-refractivity contribution in [2.24, 2.45) is 0 Å². The van der Waals surface area contributed by atoms with Crippen LogP contribution in [0.25, 0.3) is 10.4 Å². The van der Waals surface area contributed by atoms with Crippen molar-refractivity contribution in [3.8, 4) is 10.4 Å². The molecule has 0 radical (unpaired) electrons. The second-order valence-electron chi connectivity index (χ2n) is 7.39. The van der Waals surface area contributed by atoms with Crippen LogP contribution in [0, 0.1) is 6.92 Å². The van der Waals surface area contributed by atoms with E-state index in [1.165, 1.54) is 0 Å². The van der Waals surface area contributed by atoms with E-state index in [-0.39, 0.29) is 23.9 Å². The van der Waals surface area contributed by atoms with Crippen molar-refractivity contribution in [3.05, 3.63) is 63.3 Å². The molecule has 0 unspecified atom stereocenters. The molecule has 0 aliphatic heterocycles. The van der Waals surface area contributed by atoms with Gasteiger partial charge in [0.2, 0.25) is 0 Å². The highest BCUT2D eigenvalue weighted by Gasteiger charge is 2.30. The van der Waals surface area contributed by atoms with Crippen molar-refractivity contribution in [2.45, 2.75) is 44.9 Å². The summed E-state index contributed by atoms with van der Waals surface area (Å²) >= 11 is 5.00. The smallest absolute Gasteiger partial charge is 0.255 e. The van der Waals surface area contributed by atoms with Crippen molar-refractivity contribution < 1.29 is 9.53 Å². The molecule has 3 N–H and O–H groups in total. The third kappa shape index (κ3) is 4.88. The predicted molar refractivity (Wildman–Crippen MR) is 122 cm³/mol. The van der Waals surface area contributed by atoms with Gasteiger partial charge in [-0.05, 0) is 49.9 Å². The molecule has 1 aliphatic rings. The molecule has 2 atom stereocenters. The molecular formula is C22H23BrN4O2S. The summed E-state index contributed by atoms with van der Waals surface area (Å²) in [4.78, 5) is 22.4. The molecule has 2 heterocycles. The van der Waals surface area contributed by atoms with Crippen LogP contribution in [0.4, 0.5) is 5.82 Å². The van der Waals surface area contributed by atoms with E-state index in [1.54, 1.807) is 29.8 Å². The first-order chi connectivity index (χ1) is 14.5. The molecule has 30 heavy (non-hydrogen) atoms. The SMILES string of the molecule is Cc1ncc(-c2cnc(N)c(C(=O)N[C@H]3CCC[C@@H]3OCc3ccc(Br)cc3)c2)s1. The van der Waals surface area contributed by atoms with Gasteiger partial charge in [-0.15, -0.1) is 11.3 Å². The molecule has 156 valence electrons. The Kier molecular flexibility index (Phi) is 6.46. The van der Waals surface area contributed by atoms with E-state index >= 15 is 0 Å². The van der Waals surface area contributed by atoms with E-state index in [1.807, 2.05) is 31.2 Å². The van der Waals surface area contributed by atoms with Crippen LogP contribution in [0.3, 0.4) is 0 Å². The Morgan fingerprint density at radius 3 is 2.80 bits per heavy atom. The third-order valence-corrected chi connectivity index (χ3v) is 6.71. The maximum Gasteiger partial charge on any atom is 0.255 e. The number of hydrogen-bond donors (Lipinski definition) is 2. The number of carbonyl (C=O) groups excluding carboxylic acids is 1. The van der Waals surface area contributed by atoms with Crippen LogP contribution < -0.4 is 11.1 Å². The Balaban J connectivity index is 1.43.